The fourth-order valence-corrected chi connectivity index (χ4v) is 3.88. The van der Waals surface area contributed by atoms with Crippen LogP contribution < -0.4 is 21.3 Å². The van der Waals surface area contributed by atoms with Crippen LogP contribution in [0.15, 0.2) is 59.2 Å². The molecule has 4 rings (SSSR count). The molecule has 0 aliphatic carbocycles. The summed E-state index contributed by atoms with van der Waals surface area (Å²) < 4.78 is 5.13. The van der Waals surface area contributed by atoms with Crippen molar-refractivity contribution in [3.63, 3.8) is 0 Å². The molecule has 170 valence electrons. The zero-order chi connectivity index (χ0) is 23.4. The lowest BCUT2D eigenvalue weighted by Gasteiger charge is -2.30. The first-order valence-corrected chi connectivity index (χ1v) is 10.9. The standard InChI is InChI=1S/C25H26N4O4/c1-16-7-8-18(15-19(16)27-25(32)22-6-5-13-33-22)24(31)28-20-14-17(23(26)30)9-10-21(20)29-11-3-2-4-12-29/h5-10,13-15H,2-4,11-12H2,1H3,(H2,26,30)(H,27,32)(H,28,31). The van der Waals surface area contributed by atoms with Crippen LogP contribution in [0.25, 0.3) is 0 Å². The zero-order valence-corrected chi connectivity index (χ0v) is 18.4. The van der Waals surface area contributed by atoms with E-state index in [2.05, 4.69) is 15.5 Å². The molecule has 0 atom stereocenters. The van der Waals surface area contributed by atoms with E-state index in [9.17, 15) is 14.4 Å². The Bertz CT molecular complexity index is 1180. The van der Waals surface area contributed by atoms with Gasteiger partial charge in [-0.15, -0.1) is 0 Å². The van der Waals surface area contributed by atoms with Crippen LogP contribution in [-0.2, 0) is 0 Å². The van der Waals surface area contributed by atoms with Crippen LogP contribution in [0.4, 0.5) is 17.1 Å². The van der Waals surface area contributed by atoms with Gasteiger partial charge >= 0.3 is 0 Å². The van der Waals surface area contributed by atoms with Gasteiger partial charge in [0.25, 0.3) is 11.8 Å². The summed E-state index contributed by atoms with van der Waals surface area (Å²) in [6.45, 7) is 3.60. The summed E-state index contributed by atoms with van der Waals surface area (Å²) in [6.07, 6.45) is 4.74. The maximum absolute atomic E-state index is 13.1. The lowest BCUT2D eigenvalue weighted by Crippen LogP contribution is -2.30. The fourth-order valence-electron chi connectivity index (χ4n) is 3.88. The Labute approximate surface area is 191 Å². The highest BCUT2D eigenvalue weighted by Crippen LogP contribution is 2.30. The third-order valence-electron chi connectivity index (χ3n) is 5.72. The molecule has 33 heavy (non-hydrogen) atoms. The predicted molar refractivity (Wildman–Crippen MR) is 127 cm³/mol. The second-order valence-electron chi connectivity index (χ2n) is 8.06. The number of benzene rings is 2. The molecule has 1 fully saturated rings. The first-order chi connectivity index (χ1) is 15.9. The predicted octanol–water partition coefficient (Wildman–Crippen LogP) is 4.18. The van der Waals surface area contributed by atoms with Crippen molar-refractivity contribution in [2.75, 3.05) is 28.6 Å². The fraction of sp³-hybridized carbons (Fsp3) is 0.240. The van der Waals surface area contributed by atoms with Gasteiger partial charge in [0.05, 0.1) is 17.6 Å². The van der Waals surface area contributed by atoms with E-state index in [1.165, 1.54) is 12.7 Å². The number of aryl methyl sites for hydroxylation is 1. The molecule has 0 spiro atoms. The van der Waals surface area contributed by atoms with Crippen LogP contribution in [0.1, 0.15) is 56.1 Å². The average molecular weight is 447 g/mol. The number of piperidine rings is 1. The van der Waals surface area contributed by atoms with Gasteiger partial charge in [0.15, 0.2) is 5.76 Å². The molecule has 0 radical (unpaired) electrons. The number of nitrogens with zero attached hydrogens (tertiary/aromatic N) is 1. The highest BCUT2D eigenvalue weighted by Gasteiger charge is 2.19. The normalized spacial score (nSPS) is 13.4. The number of carbonyl (C=O) groups is 3. The van der Waals surface area contributed by atoms with Crippen molar-refractivity contribution >= 4 is 34.8 Å². The molecule has 0 saturated carbocycles. The first-order valence-electron chi connectivity index (χ1n) is 10.9. The smallest absolute Gasteiger partial charge is 0.291 e. The van der Waals surface area contributed by atoms with Crippen LogP contribution in [-0.4, -0.2) is 30.8 Å². The molecule has 8 heteroatoms. The van der Waals surface area contributed by atoms with Gasteiger partial charge in [0.2, 0.25) is 5.91 Å². The molecule has 4 N–H and O–H groups in total. The van der Waals surface area contributed by atoms with E-state index in [1.807, 2.05) is 13.0 Å². The van der Waals surface area contributed by atoms with Gasteiger partial charge in [-0.1, -0.05) is 6.07 Å². The van der Waals surface area contributed by atoms with Crippen molar-refractivity contribution in [3.05, 3.63) is 77.2 Å². The Morgan fingerprint density at radius 3 is 2.27 bits per heavy atom. The maximum atomic E-state index is 13.1. The first kappa shape index (κ1) is 22.1. The van der Waals surface area contributed by atoms with Gasteiger partial charge < -0.3 is 25.7 Å². The van der Waals surface area contributed by atoms with Crippen molar-refractivity contribution in [1.29, 1.82) is 0 Å². The molecule has 1 aromatic heterocycles. The topological polar surface area (TPSA) is 118 Å². The number of hydrogen-bond acceptors (Lipinski definition) is 5. The number of carbonyl (C=O) groups excluding carboxylic acids is 3. The van der Waals surface area contributed by atoms with Gasteiger partial charge in [0, 0.05) is 29.9 Å². The molecular formula is C25H26N4O4. The number of furan rings is 1. The number of rotatable bonds is 6. The summed E-state index contributed by atoms with van der Waals surface area (Å²) in [7, 11) is 0. The number of hydrogen-bond donors (Lipinski definition) is 3. The minimum Gasteiger partial charge on any atom is -0.459 e. The lowest BCUT2D eigenvalue weighted by molar-refractivity contribution is 0.0990. The molecule has 0 unspecified atom stereocenters. The van der Waals surface area contributed by atoms with E-state index < -0.39 is 11.8 Å². The molecule has 2 aromatic carbocycles. The lowest BCUT2D eigenvalue weighted by atomic mass is 10.1. The molecule has 3 aromatic rings. The number of nitrogens with one attached hydrogen (secondary N) is 2. The molecule has 1 saturated heterocycles. The van der Waals surface area contributed by atoms with Gasteiger partial charge in [-0.3, -0.25) is 14.4 Å². The highest BCUT2D eigenvalue weighted by atomic mass is 16.3. The Hall–Kier alpha value is -4.07. The summed E-state index contributed by atoms with van der Waals surface area (Å²) >= 11 is 0. The van der Waals surface area contributed by atoms with Crippen molar-refractivity contribution in [2.45, 2.75) is 26.2 Å². The summed E-state index contributed by atoms with van der Waals surface area (Å²) in [5.74, 6) is -1.14. The third kappa shape index (κ3) is 5.06. The van der Waals surface area contributed by atoms with Crippen molar-refractivity contribution in [1.82, 2.24) is 0 Å². The summed E-state index contributed by atoms with van der Waals surface area (Å²) in [5, 5.41) is 5.70. The largest absolute Gasteiger partial charge is 0.459 e. The Kier molecular flexibility index (Phi) is 6.44. The molecule has 1 aliphatic rings. The van der Waals surface area contributed by atoms with Crippen LogP contribution in [0.3, 0.4) is 0 Å². The SMILES string of the molecule is Cc1ccc(C(=O)Nc2cc(C(N)=O)ccc2N2CCCCC2)cc1NC(=O)c1ccco1. The van der Waals surface area contributed by atoms with Gasteiger partial charge in [-0.25, -0.2) is 0 Å². The second-order valence-corrected chi connectivity index (χ2v) is 8.06. The zero-order valence-electron chi connectivity index (χ0n) is 18.4. The van der Waals surface area contributed by atoms with Crippen LogP contribution in [0.2, 0.25) is 0 Å². The Balaban J connectivity index is 1.59. The van der Waals surface area contributed by atoms with Gasteiger partial charge in [-0.05, 0) is 74.2 Å². The van der Waals surface area contributed by atoms with E-state index in [0.717, 1.165) is 37.2 Å². The summed E-state index contributed by atoms with van der Waals surface area (Å²) in [4.78, 5) is 39.4. The second kappa shape index (κ2) is 9.60. The molecular weight excluding hydrogens is 420 g/mol. The minimum atomic E-state index is -0.561. The maximum Gasteiger partial charge on any atom is 0.291 e. The van der Waals surface area contributed by atoms with Crippen LogP contribution >= 0.6 is 0 Å². The molecule has 8 nitrogen and oxygen atoms in total. The van der Waals surface area contributed by atoms with E-state index in [1.54, 1.807) is 42.5 Å². The van der Waals surface area contributed by atoms with Crippen LogP contribution in [0, 0.1) is 6.92 Å². The quantitative estimate of drug-likeness (QED) is 0.525. The van der Waals surface area contributed by atoms with E-state index in [-0.39, 0.29) is 11.7 Å². The molecule has 0 bridgehead atoms. The van der Waals surface area contributed by atoms with Crippen molar-refractivity contribution in [2.24, 2.45) is 5.73 Å². The van der Waals surface area contributed by atoms with Crippen molar-refractivity contribution in [3.8, 4) is 0 Å². The summed E-state index contributed by atoms with van der Waals surface area (Å²) in [6, 6.07) is 13.4. The van der Waals surface area contributed by atoms with Crippen molar-refractivity contribution < 1.29 is 18.8 Å². The average Bonchev–Trinajstić information content (AvgIpc) is 3.36. The van der Waals surface area contributed by atoms with E-state index in [4.69, 9.17) is 10.2 Å². The highest BCUT2D eigenvalue weighted by molar-refractivity contribution is 6.09. The summed E-state index contributed by atoms with van der Waals surface area (Å²) in [5.41, 5.74) is 8.84. The minimum absolute atomic E-state index is 0.179. The Morgan fingerprint density at radius 1 is 0.879 bits per heavy atom. The number of amides is 3. The van der Waals surface area contributed by atoms with Crippen LogP contribution in [0.5, 0.6) is 0 Å². The number of nitrogens with two attached hydrogens (primary N) is 1. The van der Waals surface area contributed by atoms with E-state index in [0.29, 0.717) is 22.5 Å². The molecule has 1 aliphatic heterocycles. The molecule has 3 amide bonds. The number of anilines is 3. The van der Waals surface area contributed by atoms with Gasteiger partial charge in [-0.2, -0.15) is 0 Å². The monoisotopic (exact) mass is 446 g/mol. The van der Waals surface area contributed by atoms with Gasteiger partial charge in [0.1, 0.15) is 0 Å². The molecule has 2 heterocycles. The number of primary amides is 1. The Morgan fingerprint density at radius 2 is 1.58 bits per heavy atom. The third-order valence-corrected chi connectivity index (χ3v) is 5.72. The van der Waals surface area contributed by atoms with E-state index >= 15 is 0 Å².